The van der Waals surface area contributed by atoms with Crippen LogP contribution in [0.2, 0.25) is 0 Å². The smallest absolute Gasteiger partial charge is 0.152 e. The summed E-state index contributed by atoms with van der Waals surface area (Å²) >= 11 is 1.61. The molecule has 1 N–H and O–H groups in total. The minimum atomic E-state index is -0.0828. The van der Waals surface area contributed by atoms with E-state index >= 15 is 0 Å². The molecular weight excluding hydrogens is 246 g/mol. The van der Waals surface area contributed by atoms with Crippen molar-refractivity contribution in [3.05, 3.63) is 46.2 Å². The Hall–Kier alpha value is -1.68. The second-order valence-corrected chi connectivity index (χ2v) is 4.88. The fourth-order valence-electron chi connectivity index (χ4n) is 1.85. The highest BCUT2D eigenvalue weighted by Gasteiger charge is 2.09. The van der Waals surface area contributed by atoms with E-state index in [0.29, 0.717) is 10.8 Å². The summed E-state index contributed by atoms with van der Waals surface area (Å²) in [7, 11) is 0. The summed E-state index contributed by atoms with van der Waals surface area (Å²) in [6.45, 7) is 13.6. The molecule has 0 aromatic carbocycles. The van der Waals surface area contributed by atoms with E-state index in [0.717, 1.165) is 29.6 Å². The summed E-state index contributed by atoms with van der Waals surface area (Å²) in [6, 6.07) is 0. The quantitative estimate of drug-likeness (QED) is 0.483. The van der Waals surface area contributed by atoms with Crippen LogP contribution in [0.5, 0.6) is 0 Å². The molecule has 0 amide bonds. The van der Waals surface area contributed by atoms with Gasteiger partial charge in [0.15, 0.2) is 6.29 Å². The summed E-state index contributed by atoms with van der Waals surface area (Å²) in [6.07, 6.45) is 2.26. The molecule has 1 aromatic heterocycles. The van der Waals surface area contributed by atoms with E-state index in [1.165, 1.54) is 6.08 Å². The summed E-state index contributed by atoms with van der Waals surface area (Å²) in [5, 5.41) is 12.4. The monoisotopic (exact) mass is 263 g/mol. The fraction of sp³-hybridized carbons (Fsp3) is 0.214. The third kappa shape index (κ3) is 2.96. The lowest BCUT2D eigenvalue weighted by Gasteiger charge is -2.05. The highest BCUT2D eigenvalue weighted by molar-refractivity contribution is 8.02. The molecular formula is C14H17NO2S. The van der Waals surface area contributed by atoms with Crippen LogP contribution in [0.1, 0.15) is 16.1 Å². The number of rotatable bonds is 6. The largest absolute Gasteiger partial charge is 0.509 e. The average Bonchev–Trinajstić information content (AvgIpc) is 2.53. The van der Waals surface area contributed by atoms with Gasteiger partial charge < -0.3 is 9.67 Å². The molecule has 0 atom stereocenters. The van der Waals surface area contributed by atoms with Gasteiger partial charge in [-0.3, -0.25) is 4.79 Å². The van der Waals surface area contributed by atoms with Crippen molar-refractivity contribution in [2.45, 2.75) is 13.5 Å². The maximum atomic E-state index is 11.1. The third-order valence-corrected chi connectivity index (χ3v) is 3.35. The first-order valence-corrected chi connectivity index (χ1v) is 6.53. The predicted molar refractivity (Wildman–Crippen MR) is 78.2 cm³/mol. The zero-order chi connectivity index (χ0) is 13.7. The van der Waals surface area contributed by atoms with Crippen molar-refractivity contribution in [3.63, 3.8) is 0 Å². The van der Waals surface area contributed by atoms with Gasteiger partial charge in [-0.05, 0) is 18.4 Å². The number of carbonyl (C=O) groups excluding carboxylic acids is 1. The summed E-state index contributed by atoms with van der Waals surface area (Å²) < 4.78 is 1.97. The number of aldehydes is 1. The molecule has 96 valence electrons. The average molecular weight is 263 g/mol. The van der Waals surface area contributed by atoms with E-state index < -0.39 is 0 Å². The van der Waals surface area contributed by atoms with Gasteiger partial charge in [0, 0.05) is 34.1 Å². The van der Waals surface area contributed by atoms with Crippen LogP contribution in [0.25, 0.3) is 12.7 Å². The molecule has 0 radical (unpaired) electrons. The number of aliphatic hydroxyl groups excluding tert-OH is 1. The van der Waals surface area contributed by atoms with Crippen LogP contribution in [-0.4, -0.2) is 21.7 Å². The minimum absolute atomic E-state index is 0.0828. The SMILES string of the molecule is C=CSCCn1c(C)c(C=O)/c(=C/C(=C)O)c1=C. The molecule has 0 fully saturated rings. The van der Waals surface area contributed by atoms with Gasteiger partial charge in [0.2, 0.25) is 0 Å². The Morgan fingerprint density at radius 1 is 1.56 bits per heavy atom. The van der Waals surface area contributed by atoms with Crippen LogP contribution < -0.4 is 10.6 Å². The first-order chi connectivity index (χ1) is 8.52. The van der Waals surface area contributed by atoms with E-state index in [1.54, 1.807) is 17.2 Å². The molecule has 0 unspecified atom stereocenters. The van der Waals surface area contributed by atoms with Crippen LogP contribution in [0.15, 0.2) is 24.3 Å². The molecule has 1 heterocycles. The van der Waals surface area contributed by atoms with Crippen LogP contribution in [0.4, 0.5) is 0 Å². The predicted octanol–water partition coefficient (Wildman–Crippen LogP) is 1.75. The molecule has 18 heavy (non-hydrogen) atoms. The second kappa shape index (κ2) is 6.31. The van der Waals surface area contributed by atoms with E-state index in [1.807, 2.05) is 11.5 Å². The Kier molecular flexibility index (Phi) is 5.04. The maximum Gasteiger partial charge on any atom is 0.152 e. The molecule has 0 bridgehead atoms. The Morgan fingerprint density at radius 2 is 2.22 bits per heavy atom. The molecule has 3 nitrogen and oxygen atoms in total. The maximum absolute atomic E-state index is 11.1. The molecule has 0 saturated heterocycles. The molecule has 0 aliphatic rings. The van der Waals surface area contributed by atoms with Crippen molar-refractivity contribution in [1.82, 2.24) is 4.57 Å². The Labute approximate surface area is 111 Å². The van der Waals surface area contributed by atoms with E-state index in [9.17, 15) is 9.90 Å². The lowest BCUT2D eigenvalue weighted by Crippen LogP contribution is -2.29. The standard InChI is InChI=1S/C14H17NO2S/c1-5-18-7-6-15-11(3)13(8-10(2)17)14(9-16)12(15)4/h5,8-9,17H,1-3,6-7H2,4H3/b13-8+. The van der Waals surface area contributed by atoms with E-state index in [4.69, 9.17) is 0 Å². The summed E-state index contributed by atoms with van der Waals surface area (Å²) in [4.78, 5) is 11.1. The Morgan fingerprint density at radius 3 is 2.72 bits per heavy atom. The molecule has 4 heteroatoms. The number of thioether (sulfide) groups is 1. The summed E-state index contributed by atoms with van der Waals surface area (Å²) in [5.41, 5.74) is 1.41. The van der Waals surface area contributed by atoms with Crippen LogP contribution in [0, 0.1) is 6.92 Å². The third-order valence-electron chi connectivity index (χ3n) is 2.70. The number of aliphatic hydroxyl groups is 1. The highest BCUT2D eigenvalue weighted by atomic mass is 32.2. The molecule has 1 rings (SSSR count). The molecule has 0 aliphatic carbocycles. The number of aromatic nitrogens is 1. The van der Waals surface area contributed by atoms with Gasteiger partial charge in [-0.25, -0.2) is 0 Å². The van der Waals surface area contributed by atoms with Crippen molar-refractivity contribution < 1.29 is 9.90 Å². The van der Waals surface area contributed by atoms with Crippen molar-refractivity contribution in [2.75, 3.05) is 5.75 Å². The Bertz CT molecular complexity index is 584. The van der Waals surface area contributed by atoms with Gasteiger partial charge in [-0.2, -0.15) is 0 Å². The lowest BCUT2D eigenvalue weighted by molar-refractivity contribution is 0.112. The molecule has 0 spiro atoms. The van der Waals surface area contributed by atoms with Crippen LogP contribution >= 0.6 is 11.8 Å². The highest BCUT2D eigenvalue weighted by Crippen LogP contribution is 2.04. The van der Waals surface area contributed by atoms with Gasteiger partial charge >= 0.3 is 0 Å². The van der Waals surface area contributed by atoms with Crippen molar-refractivity contribution in [3.8, 4) is 0 Å². The first-order valence-electron chi connectivity index (χ1n) is 5.48. The first kappa shape index (κ1) is 14.4. The zero-order valence-corrected chi connectivity index (χ0v) is 11.3. The van der Waals surface area contributed by atoms with E-state index in [2.05, 4.69) is 19.7 Å². The number of allylic oxidation sites excluding steroid dienone is 1. The zero-order valence-electron chi connectivity index (χ0n) is 10.5. The molecule has 1 aromatic rings. The fourth-order valence-corrected chi connectivity index (χ4v) is 2.30. The van der Waals surface area contributed by atoms with Gasteiger partial charge in [0.1, 0.15) is 5.76 Å². The molecule has 0 saturated carbocycles. The van der Waals surface area contributed by atoms with Gasteiger partial charge in [0.05, 0.1) is 0 Å². The van der Waals surface area contributed by atoms with Crippen LogP contribution in [-0.2, 0) is 6.54 Å². The van der Waals surface area contributed by atoms with Gasteiger partial charge in [-0.1, -0.05) is 19.7 Å². The number of hydrogen-bond donors (Lipinski definition) is 1. The normalized spacial score (nSPS) is 11.5. The minimum Gasteiger partial charge on any atom is -0.509 e. The molecule has 0 aliphatic heterocycles. The van der Waals surface area contributed by atoms with Crippen molar-refractivity contribution >= 4 is 30.7 Å². The Balaban J connectivity index is 3.34. The van der Waals surface area contributed by atoms with Gasteiger partial charge in [-0.15, -0.1) is 11.8 Å². The summed E-state index contributed by atoms with van der Waals surface area (Å²) in [5.74, 6) is 0.778. The number of nitrogens with zero attached hydrogens (tertiary/aromatic N) is 1. The number of carbonyl (C=O) groups is 1. The van der Waals surface area contributed by atoms with Crippen LogP contribution in [0.3, 0.4) is 0 Å². The number of hydrogen-bond acceptors (Lipinski definition) is 3. The van der Waals surface area contributed by atoms with E-state index in [-0.39, 0.29) is 5.76 Å². The second-order valence-electron chi connectivity index (χ2n) is 3.80. The van der Waals surface area contributed by atoms with Crippen molar-refractivity contribution in [2.24, 2.45) is 0 Å². The van der Waals surface area contributed by atoms with Gasteiger partial charge in [0.25, 0.3) is 0 Å². The topological polar surface area (TPSA) is 42.2 Å². The van der Waals surface area contributed by atoms with Crippen molar-refractivity contribution in [1.29, 1.82) is 0 Å². The lowest BCUT2D eigenvalue weighted by atomic mass is 10.2.